The molecule has 0 amide bonds. The summed E-state index contributed by atoms with van der Waals surface area (Å²) < 4.78 is 25.3. The van der Waals surface area contributed by atoms with E-state index in [1.54, 1.807) is 20.8 Å². The standard InChI is InChI=1S/C17H25FN2O3/c1-16(2,3)23-15(21)11-8-14(12(18)9-13(11)19)20-6-7-22-10-17(20,4)5/h8-9H,6-7,10,19H2,1-5H3. The van der Waals surface area contributed by atoms with Crippen LogP contribution in [0.3, 0.4) is 0 Å². The summed E-state index contributed by atoms with van der Waals surface area (Å²) in [6.45, 7) is 10.8. The number of hydrogen-bond acceptors (Lipinski definition) is 5. The molecule has 0 saturated carbocycles. The first kappa shape index (κ1) is 17.5. The number of carbonyl (C=O) groups is 1. The second-order valence-corrected chi connectivity index (χ2v) is 7.41. The molecule has 0 aliphatic carbocycles. The second kappa shape index (κ2) is 6.00. The van der Waals surface area contributed by atoms with Crippen LogP contribution in [-0.2, 0) is 9.47 Å². The number of ether oxygens (including phenoxy) is 2. The first-order valence-electron chi connectivity index (χ1n) is 7.69. The molecule has 1 heterocycles. The third kappa shape index (κ3) is 3.93. The van der Waals surface area contributed by atoms with Crippen molar-refractivity contribution in [3.8, 4) is 0 Å². The predicted molar refractivity (Wildman–Crippen MR) is 88.2 cm³/mol. The van der Waals surface area contributed by atoms with Crippen molar-refractivity contribution in [1.82, 2.24) is 0 Å². The molecule has 0 bridgehead atoms. The Morgan fingerprint density at radius 3 is 2.61 bits per heavy atom. The second-order valence-electron chi connectivity index (χ2n) is 7.41. The molecule has 0 aromatic heterocycles. The van der Waals surface area contributed by atoms with Crippen LogP contribution in [0.5, 0.6) is 0 Å². The molecule has 6 heteroatoms. The Morgan fingerprint density at radius 2 is 2.04 bits per heavy atom. The van der Waals surface area contributed by atoms with Gasteiger partial charge in [-0.2, -0.15) is 0 Å². The maximum atomic E-state index is 14.4. The van der Waals surface area contributed by atoms with Crippen molar-refractivity contribution >= 4 is 17.3 Å². The Morgan fingerprint density at radius 1 is 1.39 bits per heavy atom. The highest BCUT2D eigenvalue weighted by Gasteiger charge is 2.33. The van der Waals surface area contributed by atoms with Crippen LogP contribution in [0, 0.1) is 5.82 Å². The van der Waals surface area contributed by atoms with Gasteiger partial charge in [-0.25, -0.2) is 9.18 Å². The monoisotopic (exact) mass is 324 g/mol. The average molecular weight is 324 g/mol. The van der Waals surface area contributed by atoms with Crippen LogP contribution < -0.4 is 10.6 Å². The van der Waals surface area contributed by atoms with Crippen molar-refractivity contribution in [2.75, 3.05) is 30.4 Å². The minimum absolute atomic E-state index is 0.0755. The quantitative estimate of drug-likeness (QED) is 0.669. The number of nitrogens with two attached hydrogens (primary N) is 1. The van der Waals surface area contributed by atoms with Gasteiger partial charge in [0.1, 0.15) is 11.4 Å². The van der Waals surface area contributed by atoms with E-state index < -0.39 is 17.4 Å². The summed E-state index contributed by atoms with van der Waals surface area (Å²) >= 11 is 0. The van der Waals surface area contributed by atoms with Gasteiger partial charge in [-0.15, -0.1) is 0 Å². The zero-order valence-electron chi connectivity index (χ0n) is 14.4. The van der Waals surface area contributed by atoms with Gasteiger partial charge in [-0.1, -0.05) is 0 Å². The van der Waals surface area contributed by atoms with Crippen LogP contribution in [0.2, 0.25) is 0 Å². The molecule has 5 nitrogen and oxygen atoms in total. The van der Waals surface area contributed by atoms with E-state index in [4.69, 9.17) is 15.2 Å². The van der Waals surface area contributed by atoms with Crippen molar-refractivity contribution in [2.45, 2.75) is 45.8 Å². The van der Waals surface area contributed by atoms with E-state index in [2.05, 4.69) is 0 Å². The maximum absolute atomic E-state index is 14.4. The van der Waals surface area contributed by atoms with Gasteiger partial charge in [-0.05, 0) is 46.8 Å². The fraction of sp³-hybridized carbons (Fsp3) is 0.588. The van der Waals surface area contributed by atoms with Crippen LogP contribution in [0.25, 0.3) is 0 Å². The first-order chi connectivity index (χ1) is 10.5. The third-order valence-corrected chi connectivity index (χ3v) is 3.67. The lowest BCUT2D eigenvalue weighted by molar-refractivity contribution is 0.00707. The van der Waals surface area contributed by atoms with Crippen LogP contribution in [0.1, 0.15) is 45.0 Å². The first-order valence-corrected chi connectivity index (χ1v) is 7.69. The minimum atomic E-state index is -0.643. The molecule has 2 N–H and O–H groups in total. The highest BCUT2D eigenvalue weighted by Crippen LogP contribution is 2.32. The van der Waals surface area contributed by atoms with Crippen LogP contribution in [0.4, 0.5) is 15.8 Å². The van der Waals surface area contributed by atoms with Crippen LogP contribution in [-0.4, -0.2) is 36.9 Å². The summed E-state index contributed by atoms with van der Waals surface area (Å²) in [6, 6.07) is 2.66. The summed E-state index contributed by atoms with van der Waals surface area (Å²) in [6.07, 6.45) is 0. The summed E-state index contributed by atoms with van der Waals surface area (Å²) in [5.74, 6) is -1.01. The molecule has 1 saturated heterocycles. The molecule has 0 radical (unpaired) electrons. The predicted octanol–water partition coefficient (Wildman–Crippen LogP) is 2.98. The molecule has 1 fully saturated rings. The Kier molecular flexibility index (Phi) is 4.57. The van der Waals surface area contributed by atoms with E-state index in [0.717, 1.165) is 0 Å². The molecule has 0 unspecified atom stereocenters. The highest BCUT2D eigenvalue weighted by atomic mass is 19.1. The van der Waals surface area contributed by atoms with Crippen molar-refractivity contribution < 1.29 is 18.7 Å². The van der Waals surface area contributed by atoms with E-state index in [0.29, 0.717) is 25.4 Å². The molecule has 23 heavy (non-hydrogen) atoms. The Bertz CT molecular complexity index is 609. The van der Waals surface area contributed by atoms with Crippen LogP contribution >= 0.6 is 0 Å². The van der Waals surface area contributed by atoms with E-state index in [9.17, 15) is 9.18 Å². The number of morpholine rings is 1. The SMILES string of the molecule is CC(C)(C)OC(=O)c1cc(N2CCOCC2(C)C)c(F)cc1N. The molecule has 2 rings (SSSR count). The number of halogens is 1. The number of anilines is 2. The van der Waals surface area contributed by atoms with E-state index in [-0.39, 0.29) is 16.8 Å². The molecular formula is C17H25FN2O3. The minimum Gasteiger partial charge on any atom is -0.456 e. The lowest BCUT2D eigenvalue weighted by Gasteiger charge is -2.44. The fourth-order valence-electron chi connectivity index (χ4n) is 2.60. The van der Waals surface area contributed by atoms with Gasteiger partial charge < -0.3 is 20.1 Å². The van der Waals surface area contributed by atoms with Gasteiger partial charge in [0.05, 0.1) is 30.0 Å². The van der Waals surface area contributed by atoms with Gasteiger partial charge in [0.25, 0.3) is 0 Å². The number of benzene rings is 1. The molecule has 128 valence electrons. The number of esters is 1. The zero-order chi connectivity index (χ0) is 17.4. The number of hydrogen-bond donors (Lipinski definition) is 1. The Hall–Kier alpha value is -1.82. The van der Waals surface area contributed by atoms with Gasteiger partial charge in [0.2, 0.25) is 0 Å². The molecule has 1 aliphatic heterocycles. The number of rotatable bonds is 2. The summed E-state index contributed by atoms with van der Waals surface area (Å²) in [7, 11) is 0. The van der Waals surface area contributed by atoms with Gasteiger partial charge in [0.15, 0.2) is 0 Å². The lowest BCUT2D eigenvalue weighted by atomic mass is 10.00. The lowest BCUT2D eigenvalue weighted by Crippen LogP contribution is -2.53. The highest BCUT2D eigenvalue weighted by molar-refractivity contribution is 5.96. The molecule has 1 aliphatic rings. The zero-order valence-corrected chi connectivity index (χ0v) is 14.4. The topological polar surface area (TPSA) is 64.8 Å². The van der Waals surface area contributed by atoms with Crippen molar-refractivity contribution in [3.05, 3.63) is 23.5 Å². The maximum Gasteiger partial charge on any atom is 0.340 e. The molecule has 1 aromatic rings. The molecule has 0 spiro atoms. The summed E-state index contributed by atoms with van der Waals surface area (Å²) in [5.41, 5.74) is 5.40. The number of nitrogen functional groups attached to an aromatic ring is 1. The smallest absolute Gasteiger partial charge is 0.340 e. The van der Waals surface area contributed by atoms with Gasteiger partial charge >= 0.3 is 5.97 Å². The Labute approximate surface area is 136 Å². The molecule has 0 atom stereocenters. The largest absolute Gasteiger partial charge is 0.456 e. The van der Waals surface area contributed by atoms with Crippen molar-refractivity contribution in [1.29, 1.82) is 0 Å². The summed E-state index contributed by atoms with van der Waals surface area (Å²) in [4.78, 5) is 14.2. The van der Waals surface area contributed by atoms with Crippen LogP contribution in [0.15, 0.2) is 12.1 Å². The van der Waals surface area contributed by atoms with Gasteiger partial charge in [-0.3, -0.25) is 0 Å². The molecule has 1 aromatic carbocycles. The van der Waals surface area contributed by atoms with Crippen molar-refractivity contribution in [3.63, 3.8) is 0 Å². The van der Waals surface area contributed by atoms with E-state index in [1.165, 1.54) is 12.1 Å². The summed E-state index contributed by atoms with van der Waals surface area (Å²) in [5, 5.41) is 0. The van der Waals surface area contributed by atoms with E-state index >= 15 is 0 Å². The number of carbonyl (C=O) groups excluding carboxylic acids is 1. The van der Waals surface area contributed by atoms with E-state index in [1.807, 2.05) is 18.7 Å². The van der Waals surface area contributed by atoms with Crippen molar-refractivity contribution in [2.24, 2.45) is 0 Å². The number of nitrogens with zero attached hydrogens (tertiary/aromatic N) is 1. The average Bonchev–Trinajstić information content (AvgIpc) is 2.37. The molecular weight excluding hydrogens is 299 g/mol. The Balaban J connectivity index is 2.42. The third-order valence-electron chi connectivity index (χ3n) is 3.67. The normalized spacial score (nSPS) is 17.9. The van der Waals surface area contributed by atoms with Gasteiger partial charge in [0, 0.05) is 12.2 Å². The fourth-order valence-corrected chi connectivity index (χ4v) is 2.60.